The van der Waals surface area contributed by atoms with Crippen LogP contribution in [0, 0.1) is 0 Å². The van der Waals surface area contributed by atoms with Crippen LogP contribution in [-0.2, 0) is 11.2 Å². The van der Waals surface area contributed by atoms with Crippen LogP contribution >= 0.6 is 0 Å². The summed E-state index contributed by atoms with van der Waals surface area (Å²) in [6.45, 7) is 1.08. The molecule has 14 heavy (non-hydrogen) atoms. The van der Waals surface area contributed by atoms with Gasteiger partial charge in [-0.05, 0) is 0 Å². The largest absolute Gasteiger partial charge is 0.396 e. The van der Waals surface area contributed by atoms with E-state index in [-0.39, 0.29) is 18.6 Å². The highest BCUT2D eigenvalue weighted by molar-refractivity contribution is 5.01. The summed E-state index contributed by atoms with van der Waals surface area (Å²) in [5, 5.41) is 12.4. The Labute approximate surface area is 81.0 Å². The van der Waals surface area contributed by atoms with Crippen molar-refractivity contribution in [1.82, 2.24) is 10.1 Å². The number of aliphatic hydroxyl groups excluding tert-OH is 1. The molecule has 1 aliphatic heterocycles. The molecule has 0 aliphatic carbocycles. The minimum atomic E-state index is -0.0718. The Morgan fingerprint density at radius 1 is 1.50 bits per heavy atom. The molecule has 1 aromatic heterocycles. The molecule has 0 aromatic carbocycles. The molecule has 1 aliphatic rings. The van der Waals surface area contributed by atoms with E-state index in [1.165, 1.54) is 0 Å². The van der Waals surface area contributed by atoms with Gasteiger partial charge in [0.25, 0.3) is 0 Å². The number of aromatic nitrogens is 2. The molecule has 1 aromatic rings. The predicted octanol–water partition coefficient (Wildman–Crippen LogP) is -0.955. The Bertz CT molecular complexity index is 302. The van der Waals surface area contributed by atoms with E-state index in [9.17, 15) is 0 Å². The lowest BCUT2D eigenvalue weighted by Gasteiger charge is -2.05. The van der Waals surface area contributed by atoms with Gasteiger partial charge in [0.1, 0.15) is 0 Å². The molecule has 2 rings (SSSR count). The maximum Gasteiger partial charge on any atom is 0.233 e. The highest BCUT2D eigenvalue weighted by Crippen LogP contribution is 2.22. The monoisotopic (exact) mass is 199 g/mol. The summed E-state index contributed by atoms with van der Waals surface area (Å²) < 4.78 is 10.2. The second-order valence-electron chi connectivity index (χ2n) is 3.33. The zero-order valence-electron chi connectivity index (χ0n) is 7.72. The first-order valence-corrected chi connectivity index (χ1v) is 4.58. The minimum Gasteiger partial charge on any atom is -0.396 e. The number of nitrogens with two attached hydrogens (primary N) is 1. The molecular weight excluding hydrogens is 186 g/mol. The van der Waals surface area contributed by atoms with Crippen LogP contribution in [0.5, 0.6) is 0 Å². The smallest absolute Gasteiger partial charge is 0.233 e. The molecule has 3 N–H and O–H groups in total. The van der Waals surface area contributed by atoms with Gasteiger partial charge >= 0.3 is 0 Å². The van der Waals surface area contributed by atoms with Crippen LogP contribution in [-0.4, -0.2) is 41.1 Å². The number of hydrogen-bond donors (Lipinski definition) is 2. The van der Waals surface area contributed by atoms with Crippen LogP contribution in [0.15, 0.2) is 4.52 Å². The SMILES string of the molecule is NC1COCC1c1nc(CCO)no1. The maximum absolute atomic E-state index is 8.68. The summed E-state index contributed by atoms with van der Waals surface area (Å²) in [7, 11) is 0. The third kappa shape index (κ3) is 1.77. The highest BCUT2D eigenvalue weighted by Gasteiger charge is 2.31. The van der Waals surface area contributed by atoms with E-state index in [4.69, 9.17) is 20.1 Å². The third-order valence-corrected chi connectivity index (χ3v) is 2.26. The van der Waals surface area contributed by atoms with Gasteiger partial charge in [-0.3, -0.25) is 0 Å². The zero-order chi connectivity index (χ0) is 9.97. The van der Waals surface area contributed by atoms with Crippen molar-refractivity contribution in [3.63, 3.8) is 0 Å². The van der Waals surface area contributed by atoms with E-state index >= 15 is 0 Å². The van der Waals surface area contributed by atoms with E-state index < -0.39 is 0 Å². The van der Waals surface area contributed by atoms with Crippen LogP contribution < -0.4 is 5.73 Å². The van der Waals surface area contributed by atoms with Gasteiger partial charge in [0.2, 0.25) is 5.89 Å². The number of rotatable bonds is 3. The Hall–Kier alpha value is -0.980. The standard InChI is InChI=1S/C8H13N3O3/c9-6-4-13-3-5(6)8-10-7(1-2-12)11-14-8/h5-6,12H,1-4,9H2. The Kier molecular flexibility index (Phi) is 2.76. The molecule has 0 saturated carbocycles. The molecule has 0 radical (unpaired) electrons. The maximum atomic E-state index is 8.68. The summed E-state index contributed by atoms with van der Waals surface area (Å²) in [4.78, 5) is 4.13. The van der Waals surface area contributed by atoms with Crippen molar-refractivity contribution in [3.05, 3.63) is 11.7 Å². The fraction of sp³-hybridized carbons (Fsp3) is 0.750. The number of nitrogens with zero attached hydrogens (tertiary/aromatic N) is 2. The minimum absolute atomic E-state index is 0.00468. The van der Waals surface area contributed by atoms with Crippen molar-refractivity contribution >= 4 is 0 Å². The summed E-state index contributed by atoms with van der Waals surface area (Å²) >= 11 is 0. The van der Waals surface area contributed by atoms with Crippen molar-refractivity contribution in [1.29, 1.82) is 0 Å². The first kappa shape index (κ1) is 9.57. The van der Waals surface area contributed by atoms with Crippen molar-refractivity contribution in [2.75, 3.05) is 19.8 Å². The Morgan fingerprint density at radius 2 is 2.36 bits per heavy atom. The summed E-state index contributed by atoms with van der Waals surface area (Å²) in [6.07, 6.45) is 0.409. The first-order valence-electron chi connectivity index (χ1n) is 4.58. The second-order valence-corrected chi connectivity index (χ2v) is 3.33. The molecular formula is C8H13N3O3. The first-order chi connectivity index (χ1) is 6.81. The second kappa shape index (κ2) is 4.04. The summed E-state index contributed by atoms with van der Waals surface area (Å²) in [5.74, 6) is 1.02. The number of hydrogen-bond acceptors (Lipinski definition) is 6. The van der Waals surface area contributed by atoms with Crippen LogP contribution in [0.3, 0.4) is 0 Å². The van der Waals surface area contributed by atoms with E-state index in [1.54, 1.807) is 0 Å². The lowest BCUT2D eigenvalue weighted by Crippen LogP contribution is -2.27. The lowest BCUT2D eigenvalue weighted by molar-refractivity contribution is 0.187. The van der Waals surface area contributed by atoms with Gasteiger partial charge in [-0.1, -0.05) is 5.16 Å². The molecule has 6 nitrogen and oxygen atoms in total. The van der Waals surface area contributed by atoms with Gasteiger partial charge in [0.15, 0.2) is 5.82 Å². The Balaban J connectivity index is 2.08. The quantitative estimate of drug-likeness (QED) is 0.651. The molecule has 78 valence electrons. The number of ether oxygens (including phenoxy) is 1. The predicted molar refractivity (Wildman–Crippen MR) is 46.6 cm³/mol. The molecule has 2 unspecified atom stereocenters. The van der Waals surface area contributed by atoms with Gasteiger partial charge in [0.05, 0.1) is 25.7 Å². The van der Waals surface area contributed by atoms with Gasteiger partial charge in [-0.2, -0.15) is 4.98 Å². The average Bonchev–Trinajstić information content (AvgIpc) is 2.74. The number of aliphatic hydroxyl groups is 1. The molecule has 6 heteroatoms. The average molecular weight is 199 g/mol. The van der Waals surface area contributed by atoms with Crippen LogP contribution in [0.2, 0.25) is 0 Å². The van der Waals surface area contributed by atoms with Crippen molar-refractivity contribution in [2.45, 2.75) is 18.4 Å². The Morgan fingerprint density at radius 3 is 3.00 bits per heavy atom. The molecule has 0 spiro atoms. The van der Waals surface area contributed by atoms with Gasteiger partial charge in [-0.15, -0.1) is 0 Å². The van der Waals surface area contributed by atoms with Crippen molar-refractivity contribution < 1.29 is 14.4 Å². The zero-order valence-corrected chi connectivity index (χ0v) is 7.72. The van der Waals surface area contributed by atoms with Crippen molar-refractivity contribution in [2.24, 2.45) is 5.73 Å². The van der Waals surface area contributed by atoms with Gasteiger partial charge < -0.3 is 20.1 Å². The van der Waals surface area contributed by atoms with E-state index in [2.05, 4.69) is 10.1 Å². The third-order valence-electron chi connectivity index (χ3n) is 2.26. The summed E-state index contributed by atoms with van der Waals surface area (Å²) in [6, 6.07) is -0.0718. The van der Waals surface area contributed by atoms with E-state index in [0.717, 1.165) is 0 Å². The fourth-order valence-electron chi connectivity index (χ4n) is 1.44. The van der Waals surface area contributed by atoms with Gasteiger partial charge in [0, 0.05) is 12.5 Å². The van der Waals surface area contributed by atoms with E-state index in [0.29, 0.717) is 31.3 Å². The molecule has 0 amide bonds. The fourth-order valence-corrected chi connectivity index (χ4v) is 1.44. The molecule has 2 atom stereocenters. The molecule has 1 saturated heterocycles. The highest BCUT2D eigenvalue weighted by atomic mass is 16.5. The summed E-state index contributed by atoms with van der Waals surface area (Å²) in [5.41, 5.74) is 5.79. The van der Waals surface area contributed by atoms with E-state index in [1.807, 2.05) is 0 Å². The lowest BCUT2D eigenvalue weighted by atomic mass is 10.1. The van der Waals surface area contributed by atoms with Crippen molar-refractivity contribution in [3.8, 4) is 0 Å². The van der Waals surface area contributed by atoms with Crippen LogP contribution in [0.1, 0.15) is 17.6 Å². The molecule has 0 bridgehead atoms. The topological polar surface area (TPSA) is 94.4 Å². The van der Waals surface area contributed by atoms with Crippen LogP contribution in [0.4, 0.5) is 0 Å². The normalized spacial score (nSPS) is 27.0. The molecule has 2 heterocycles. The van der Waals surface area contributed by atoms with Crippen LogP contribution in [0.25, 0.3) is 0 Å². The molecule has 1 fully saturated rings. The van der Waals surface area contributed by atoms with Gasteiger partial charge in [-0.25, -0.2) is 0 Å².